The van der Waals surface area contributed by atoms with Gasteiger partial charge in [0.05, 0.1) is 10.8 Å². The van der Waals surface area contributed by atoms with Crippen LogP contribution in [0, 0.1) is 10.8 Å². The summed E-state index contributed by atoms with van der Waals surface area (Å²) in [6.45, 7) is 7.00. The van der Waals surface area contributed by atoms with Gasteiger partial charge in [0, 0.05) is 0 Å². The Morgan fingerprint density at radius 1 is 0.645 bits per heavy atom. The molecule has 6 nitrogen and oxygen atoms in total. The minimum atomic E-state index is -0.773. The van der Waals surface area contributed by atoms with Crippen LogP contribution in [-0.4, -0.2) is 32.4 Å². The first-order chi connectivity index (χ1) is 14.4. The van der Waals surface area contributed by atoms with E-state index < -0.39 is 22.8 Å². The maximum atomic E-state index is 11.2. The highest BCUT2D eigenvalue weighted by Gasteiger charge is 2.26. The van der Waals surface area contributed by atoms with Crippen LogP contribution >= 0.6 is 0 Å². The number of carboxylic acids is 2. The summed E-state index contributed by atoms with van der Waals surface area (Å²) >= 11 is 0. The third kappa shape index (κ3) is 9.19. The van der Waals surface area contributed by atoms with Gasteiger partial charge in [-0.25, -0.2) is 0 Å². The average molecular weight is 437 g/mol. The Kier molecular flexibility index (Phi) is 10.3. The summed E-state index contributed by atoms with van der Waals surface area (Å²) in [5, 5.41) is 38.2. The smallest absolute Gasteiger partial charge is 0.309 e. The summed E-state index contributed by atoms with van der Waals surface area (Å²) in [5.41, 5.74) is 0.670. The fourth-order valence-electron chi connectivity index (χ4n) is 3.64. The van der Waals surface area contributed by atoms with Crippen molar-refractivity contribution in [2.75, 3.05) is 0 Å². The Bertz CT molecular complexity index is 736. The predicted molar refractivity (Wildman–Crippen MR) is 122 cm³/mol. The molecular formula is C25H40O6. The zero-order valence-electron chi connectivity index (χ0n) is 19.5. The number of aryl methyl sites for hydroxylation is 2. The summed E-state index contributed by atoms with van der Waals surface area (Å²) in [6.07, 6.45) is 9.30. The lowest BCUT2D eigenvalue weighted by molar-refractivity contribution is -0.148. The van der Waals surface area contributed by atoms with E-state index in [2.05, 4.69) is 0 Å². The fraction of sp³-hybridized carbons (Fsp3) is 0.680. The number of hydrogen-bond acceptors (Lipinski definition) is 4. The molecule has 0 aliphatic carbocycles. The van der Waals surface area contributed by atoms with Crippen LogP contribution in [-0.2, 0) is 22.4 Å². The van der Waals surface area contributed by atoms with Crippen LogP contribution in [0.15, 0.2) is 12.1 Å². The minimum Gasteiger partial charge on any atom is -0.504 e. The second-order valence-electron chi connectivity index (χ2n) is 9.96. The molecule has 1 rings (SSSR count). The van der Waals surface area contributed by atoms with E-state index in [9.17, 15) is 24.9 Å². The number of benzene rings is 1. The highest BCUT2D eigenvalue weighted by Crippen LogP contribution is 2.31. The SMILES string of the molecule is CC(C)(CCCCCCc1cc(O)c(O)cc1CCCCCC(C)(C)C(=O)O)C(=O)O. The quantitative estimate of drug-likeness (QED) is 0.200. The number of aromatic hydroxyl groups is 2. The normalized spacial score (nSPS) is 12.1. The van der Waals surface area contributed by atoms with Crippen LogP contribution in [0.4, 0.5) is 0 Å². The molecule has 6 heteroatoms. The van der Waals surface area contributed by atoms with E-state index >= 15 is 0 Å². The number of unbranched alkanes of at least 4 members (excludes halogenated alkanes) is 5. The van der Waals surface area contributed by atoms with Gasteiger partial charge in [-0.05, 0) is 89.5 Å². The van der Waals surface area contributed by atoms with Crippen LogP contribution in [0.1, 0.15) is 96.6 Å². The number of carbonyl (C=O) groups is 2. The minimum absolute atomic E-state index is 0.106. The molecule has 1 aromatic carbocycles. The summed E-state index contributed by atoms with van der Waals surface area (Å²) < 4.78 is 0. The van der Waals surface area contributed by atoms with Crippen LogP contribution < -0.4 is 0 Å². The molecule has 0 unspecified atom stereocenters. The average Bonchev–Trinajstić information content (AvgIpc) is 2.67. The van der Waals surface area contributed by atoms with Crippen LogP contribution in [0.3, 0.4) is 0 Å². The van der Waals surface area contributed by atoms with Crippen molar-refractivity contribution >= 4 is 11.9 Å². The van der Waals surface area contributed by atoms with Crippen LogP contribution in [0.5, 0.6) is 11.5 Å². The monoisotopic (exact) mass is 436 g/mol. The predicted octanol–water partition coefficient (Wildman–Crippen LogP) is 5.92. The Hall–Kier alpha value is -2.24. The first-order valence-electron chi connectivity index (χ1n) is 11.4. The number of hydrogen-bond donors (Lipinski definition) is 4. The molecule has 0 atom stereocenters. The van der Waals surface area contributed by atoms with Crippen molar-refractivity contribution in [3.63, 3.8) is 0 Å². The highest BCUT2D eigenvalue weighted by molar-refractivity contribution is 5.73. The molecule has 0 saturated carbocycles. The van der Waals surface area contributed by atoms with Gasteiger partial charge in [0.1, 0.15) is 0 Å². The van der Waals surface area contributed by atoms with Gasteiger partial charge < -0.3 is 20.4 Å². The molecule has 0 aliphatic rings. The molecule has 176 valence electrons. The van der Waals surface area contributed by atoms with Gasteiger partial charge in [-0.1, -0.05) is 32.1 Å². The van der Waals surface area contributed by atoms with Crippen molar-refractivity contribution in [1.82, 2.24) is 0 Å². The maximum absolute atomic E-state index is 11.2. The lowest BCUT2D eigenvalue weighted by Gasteiger charge is -2.18. The molecule has 0 radical (unpaired) electrons. The first-order valence-corrected chi connectivity index (χ1v) is 11.4. The van der Waals surface area contributed by atoms with Gasteiger partial charge in [-0.2, -0.15) is 0 Å². The molecule has 0 bridgehead atoms. The summed E-state index contributed by atoms with van der Waals surface area (Å²) in [5.74, 6) is -1.75. The molecular weight excluding hydrogens is 396 g/mol. The van der Waals surface area contributed by atoms with Crippen molar-refractivity contribution < 1.29 is 30.0 Å². The van der Waals surface area contributed by atoms with Gasteiger partial charge in [0.2, 0.25) is 0 Å². The fourth-order valence-corrected chi connectivity index (χ4v) is 3.64. The standard InChI is InChI=1S/C25H40O6/c1-24(2,22(28)29)14-10-6-5-8-12-18-16-20(26)21(27)17-19(18)13-9-7-11-15-25(3,4)23(30)31/h16-17,26-27H,5-15H2,1-4H3,(H,28,29)(H,30,31). The number of carboxylic acid groups (broad SMARTS) is 2. The van der Waals surface area contributed by atoms with E-state index in [1.54, 1.807) is 39.8 Å². The molecule has 0 heterocycles. The Morgan fingerprint density at radius 2 is 0.968 bits per heavy atom. The number of phenolic OH excluding ortho intramolecular Hbond substituents is 2. The van der Waals surface area contributed by atoms with Gasteiger partial charge >= 0.3 is 11.9 Å². The third-order valence-corrected chi connectivity index (χ3v) is 6.20. The van der Waals surface area contributed by atoms with E-state index in [1.165, 1.54) is 0 Å². The van der Waals surface area contributed by atoms with Crippen LogP contribution in [0.2, 0.25) is 0 Å². The molecule has 0 aromatic heterocycles. The number of phenols is 2. The molecule has 4 N–H and O–H groups in total. The van der Waals surface area contributed by atoms with Crippen molar-refractivity contribution in [2.24, 2.45) is 10.8 Å². The lowest BCUT2D eigenvalue weighted by atomic mass is 9.86. The lowest BCUT2D eigenvalue weighted by Crippen LogP contribution is -2.23. The summed E-state index contributed by atoms with van der Waals surface area (Å²) in [6, 6.07) is 3.28. The maximum Gasteiger partial charge on any atom is 0.309 e. The molecule has 0 fully saturated rings. The van der Waals surface area contributed by atoms with Gasteiger partial charge in [0.15, 0.2) is 11.5 Å². The molecule has 31 heavy (non-hydrogen) atoms. The van der Waals surface area contributed by atoms with Gasteiger partial charge in [-0.15, -0.1) is 0 Å². The Labute approximate surface area is 186 Å². The largest absolute Gasteiger partial charge is 0.504 e. The number of aliphatic carboxylic acids is 2. The van der Waals surface area contributed by atoms with E-state index in [0.717, 1.165) is 68.9 Å². The number of rotatable bonds is 15. The Balaban J connectivity index is 2.48. The molecule has 0 aliphatic heterocycles. The van der Waals surface area contributed by atoms with E-state index in [4.69, 9.17) is 5.11 Å². The third-order valence-electron chi connectivity index (χ3n) is 6.20. The van der Waals surface area contributed by atoms with Crippen LogP contribution in [0.25, 0.3) is 0 Å². The second kappa shape index (κ2) is 12.0. The topological polar surface area (TPSA) is 115 Å². The van der Waals surface area contributed by atoms with E-state index in [0.29, 0.717) is 12.8 Å². The molecule has 0 amide bonds. The van der Waals surface area contributed by atoms with Crippen molar-refractivity contribution in [3.8, 4) is 11.5 Å². The second-order valence-corrected chi connectivity index (χ2v) is 9.96. The van der Waals surface area contributed by atoms with E-state index in [1.807, 2.05) is 0 Å². The molecule has 1 aromatic rings. The van der Waals surface area contributed by atoms with Crippen molar-refractivity contribution in [1.29, 1.82) is 0 Å². The van der Waals surface area contributed by atoms with E-state index in [-0.39, 0.29) is 11.5 Å². The zero-order chi connectivity index (χ0) is 23.7. The van der Waals surface area contributed by atoms with Gasteiger partial charge in [0.25, 0.3) is 0 Å². The first kappa shape index (κ1) is 26.8. The van der Waals surface area contributed by atoms with Gasteiger partial charge in [-0.3, -0.25) is 9.59 Å². The Morgan fingerprint density at radius 3 is 1.32 bits per heavy atom. The summed E-state index contributed by atoms with van der Waals surface area (Å²) in [4.78, 5) is 22.3. The zero-order valence-corrected chi connectivity index (χ0v) is 19.5. The van der Waals surface area contributed by atoms with Crippen molar-refractivity contribution in [3.05, 3.63) is 23.3 Å². The molecule has 0 saturated heterocycles. The molecule has 0 spiro atoms. The van der Waals surface area contributed by atoms with Crippen molar-refractivity contribution in [2.45, 2.75) is 98.3 Å². The summed E-state index contributed by atoms with van der Waals surface area (Å²) in [7, 11) is 0. The highest BCUT2D eigenvalue weighted by atomic mass is 16.4.